The SMILES string of the molecule is CNC(Cc1cccc(Cl)c1)C1Cc2ccccc2C1. The molecule has 0 spiro atoms. The highest BCUT2D eigenvalue weighted by molar-refractivity contribution is 6.30. The summed E-state index contributed by atoms with van der Waals surface area (Å²) in [7, 11) is 2.07. The van der Waals surface area contributed by atoms with Crippen LogP contribution in [0.4, 0.5) is 0 Å². The van der Waals surface area contributed by atoms with Crippen molar-refractivity contribution < 1.29 is 0 Å². The van der Waals surface area contributed by atoms with Crippen molar-refractivity contribution in [3.8, 4) is 0 Å². The van der Waals surface area contributed by atoms with Gasteiger partial charge in [-0.15, -0.1) is 0 Å². The summed E-state index contributed by atoms with van der Waals surface area (Å²) < 4.78 is 0. The molecule has 1 aliphatic carbocycles. The Morgan fingerprint density at radius 2 is 1.80 bits per heavy atom. The van der Waals surface area contributed by atoms with Gasteiger partial charge in [0.1, 0.15) is 0 Å². The quantitative estimate of drug-likeness (QED) is 0.899. The van der Waals surface area contributed by atoms with E-state index in [1.165, 1.54) is 29.5 Å². The van der Waals surface area contributed by atoms with Crippen molar-refractivity contribution in [2.24, 2.45) is 5.92 Å². The van der Waals surface area contributed by atoms with E-state index in [-0.39, 0.29) is 0 Å². The van der Waals surface area contributed by atoms with Crippen LogP contribution in [0.1, 0.15) is 16.7 Å². The van der Waals surface area contributed by atoms with Gasteiger partial charge in [-0.05, 0) is 61.1 Å². The molecule has 1 nitrogen and oxygen atoms in total. The molecule has 0 radical (unpaired) electrons. The van der Waals surface area contributed by atoms with Crippen molar-refractivity contribution in [1.82, 2.24) is 5.32 Å². The second-order valence-electron chi connectivity index (χ2n) is 5.67. The summed E-state index contributed by atoms with van der Waals surface area (Å²) in [5, 5.41) is 4.33. The van der Waals surface area contributed by atoms with Crippen molar-refractivity contribution >= 4 is 11.6 Å². The molecule has 0 fully saturated rings. The highest BCUT2D eigenvalue weighted by atomic mass is 35.5. The van der Waals surface area contributed by atoms with E-state index in [0.717, 1.165) is 11.4 Å². The molecule has 1 N–H and O–H groups in total. The fraction of sp³-hybridized carbons (Fsp3) is 0.333. The Morgan fingerprint density at radius 3 is 2.40 bits per heavy atom. The van der Waals surface area contributed by atoms with Crippen LogP contribution in [-0.4, -0.2) is 13.1 Å². The Bertz CT molecular complexity index is 568. The first kappa shape index (κ1) is 13.7. The normalized spacial score (nSPS) is 16.1. The molecule has 0 bridgehead atoms. The molecule has 1 aliphatic rings. The standard InChI is InChI=1S/C18H20ClN/c1-20-18(10-13-5-4-8-17(19)9-13)16-11-14-6-2-3-7-15(14)12-16/h2-9,16,18,20H,10-12H2,1H3. The number of halogens is 1. The summed E-state index contributed by atoms with van der Waals surface area (Å²) >= 11 is 6.08. The minimum absolute atomic E-state index is 0.501. The van der Waals surface area contributed by atoms with Crippen molar-refractivity contribution in [1.29, 1.82) is 0 Å². The van der Waals surface area contributed by atoms with Crippen LogP contribution >= 0.6 is 11.6 Å². The topological polar surface area (TPSA) is 12.0 Å². The van der Waals surface area contributed by atoms with Crippen LogP contribution in [0.3, 0.4) is 0 Å². The van der Waals surface area contributed by atoms with Gasteiger partial charge >= 0.3 is 0 Å². The largest absolute Gasteiger partial charge is 0.316 e. The Morgan fingerprint density at radius 1 is 1.10 bits per heavy atom. The molecule has 20 heavy (non-hydrogen) atoms. The van der Waals surface area contributed by atoms with Crippen LogP contribution in [0.25, 0.3) is 0 Å². The molecule has 2 aromatic rings. The first-order chi connectivity index (χ1) is 9.76. The van der Waals surface area contributed by atoms with E-state index >= 15 is 0 Å². The minimum Gasteiger partial charge on any atom is -0.316 e. The lowest BCUT2D eigenvalue weighted by atomic mass is 9.91. The summed E-state index contributed by atoms with van der Waals surface area (Å²) in [4.78, 5) is 0. The summed E-state index contributed by atoms with van der Waals surface area (Å²) in [6, 6.07) is 17.5. The fourth-order valence-corrected chi connectivity index (χ4v) is 3.51. The molecule has 0 saturated carbocycles. The van der Waals surface area contributed by atoms with E-state index < -0.39 is 0 Å². The Kier molecular flexibility index (Phi) is 4.09. The first-order valence-corrected chi connectivity index (χ1v) is 7.62. The zero-order chi connectivity index (χ0) is 13.9. The van der Waals surface area contributed by atoms with E-state index in [1.807, 2.05) is 12.1 Å². The molecule has 1 unspecified atom stereocenters. The average Bonchev–Trinajstić information content (AvgIpc) is 2.88. The van der Waals surface area contributed by atoms with Gasteiger partial charge in [-0.1, -0.05) is 48.0 Å². The molecule has 2 aromatic carbocycles. The lowest BCUT2D eigenvalue weighted by molar-refractivity contribution is 0.383. The van der Waals surface area contributed by atoms with Crippen LogP contribution in [-0.2, 0) is 19.3 Å². The van der Waals surface area contributed by atoms with Crippen molar-refractivity contribution in [2.75, 3.05) is 7.05 Å². The first-order valence-electron chi connectivity index (χ1n) is 7.25. The zero-order valence-electron chi connectivity index (χ0n) is 11.8. The summed E-state index contributed by atoms with van der Waals surface area (Å²) in [5.41, 5.74) is 4.35. The molecule has 0 aliphatic heterocycles. The van der Waals surface area contributed by atoms with Gasteiger partial charge in [0.05, 0.1) is 0 Å². The van der Waals surface area contributed by atoms with E-state index in [2.05, 4.69) is 48.8 Å². The zero-order valence-corrected chi connectivity index (χ0v) is 12.5. The average molecular weight is 286 g/mol. The van der Waals surface area contributed by atoms with E-state index in [1.54, 1.807) is 0 Å². The van der Waals surface area contributed by atoms with E-state index in [9.17, 15) is 0 Å². The maximum Gasteiger partial charge on any atom is 0.0408 e. The van der Waals surface area contributed by atoms with E-state index in [4.69, 9.17) is 11.6 Å². The summed E-state index contributed by atoms with van der Waals surface area (Å²) in [5.74, 6) is 0.677. The van der Waals surface area contributed by atoms with Gasteiger partial charge in [-0.25, -0.2) is 0 Å². The van der Waals surface area contributed by atoms with Gasteiger partial charge < -0.3 is 5.32 Å². The lowest BCUT2D eigenvalue weighted by Gasteiger charge is -2.23. The van der Waals surface area contributed by atoms with Gasteiger partial charge in [0.15, 0.2) is 0 Å². The number of fused-ring (bicyclic) bond motifs is 1. The third kappa shape index (κ3) is 2.89. The lowest BCUT2D eigenvalue weighted by Crippen LogP contribution is -2.36. The number of likely N-dealkylation sites (N-methyl/N-ethyl adjacent to an activating group) is 1. The van der Waals surface area contributed by atoms with Crippen molar-refractivity contribution in [3.63, 3.8) is 0 Å². The van der Waals surface area contributed by atoms with Gasteiger partial charge in [0.25, 0.3) is 0 Å². The second kappa shape index (κ2) is 5.99. The smallest absolute Gasteiger partial charge is 0.0408 e. The molecule has 2 heteroatoms. The number of nitrogens with one attached hydrogen (secondary N) is 1. The Balaban J connectivity index is 1.72. The number of rotatable bonds is 4. The molecule has 0 heterocycles. The summed E-state index contributed by atoms with van der Waals surface area (Å²) in [6.07, 6.45) is 3.40. The molecular formula is C18H20ClN. The second-order valence-corrected chi connectivity index (χ2v) is 6.10. The molecule has 104 valence electrons. The summed E-state index contributed by atoms with van der Waals surface area (Å²) in [6.45, 7) is 0. The number of hydrogen-bond acceptors (Lipinski definition) is 1. The monoisotopic (exact) mass is 285 g/mol. The molecule has 0 amide bonds. The highest BCUT2D eigenvalue weighted by Gasteiger charge is 2.27. The highest BCUT2D eigenvalue weighted by Crippen LogP contribution is 2.30. The van der Waals surface area contributed by atoms with Crippen molar-refractivity contribution in [3.05, 3.63) is 70.2 Å². The molecule has 0 saturated heterocycles. The van der Waals surface area contributed by atoms with Gasteiger partial charge in [-0.3, -0.25) is 0 Å². The third-order valence-electron chi connectivity index (χ3n) is 4.37. The number of benzene rings is 2. The van der Waals surface area contributed by atoms with Crippen LogP contribution in [0.2, 0.25) is 5.02 Å². The van der Waals surface area contributed by atoms with Crippen LogP contribution in [0.15, 0.2) is 48.5 Å². The third-order valence-corrected chi connectivity index (χ3v) is 4.60. The van der Waals surface area contributed by atoms with Gasteiger partial charge in [-0.2, -0.15) is 0 Å². The maximum atomic E-state index is 6.08. The predicted octanol–water partition coefficient (Wildman–Crippen LogP) is 3.89. The van der Waals surface area contributed by atoms with Crippen LogP contribution in [0.5, 0.6) is 0 Å². The number of hydrogen-bond donors (Lipinski definition) is 1. The van der Waals surface area contributed by atoms with Crippen LogP contribution < -0.4 is 5.32 Å². The molecule has 3 rings (SSSR count). The van der Waals surface area contributed by atoms with Crippen molar-refractivity contribution in [2.45, 2.75) is 25.3 Å². The minimum atomic E-state index is 0.501. The Labute approximate surface area is 126 Å². The fourth-order valence-electron chi connectivity index (χ4n) is 3.30. The predicted molar refractivity (Wildman–Crippen MR) is 85.3 cm³/mol. The molecular weight excluding hydrogens is 266 g/mol. The van der Waals surface area contributed by atoms with Gasteiger partial charge in [0, 0.05) is 11.1 Å². The Hall–Kier alpha value is -1.31. The molecule has 0 aromatic heterocycles. The van der Waals surface area contributed by atoms with Crippen LogP contribution in [0, 0.1) is 5.92 Å². The molecule has 1 atom stereocenters. The van der Waals surface area contributed by atoms with Gasteiger partial charge in [0.2, 0.25) is 0 Å². The van der Waals surface area contributed by atoms with E-state index in [0.29, 0.717) is 12.0 Å². The maximum absolute atomic E-state index is 6.08.